The Bertz CT molecular complexity index is 359. The Labute approximate surface area is 117 Å². The molecule has 100 valence electrons. The van der Waals surface area contributed by atoms with Gasteiger partial charge in [0.2, 0.25) is 0 Å². The molecule has 1 N–H and O–H groups in total. The number of nitrogens with one attached hydrogen (secondary N) is 1. The van der Waals surface area contributed by atoms with Gasteiger partial charge in [-0.25, -0.2) is 9.97 Å². The van der Waals surface area contributed by atoms with Crippen LogP contribution in [0, 0.1) is 0 Å². The Balaban J connectivity index is 2.12. The van der Waals surface area contributed by atoms with Gasteiger partial charge in [0.15, 0.2) is 0 Å². The van der Waals surface area contributed by atoms with Crippen LogP contribution in [0.15, 0.2) is 12.4 Å². The van der Waals surface area contributed by atoms with Crippen LogP contribution in [0.1, 0.15) is 36.2 Å². The third-order valence-corrected chi connectivity index (χ3v) is 3.31. The van der Waals surface area contributed by atoms with Crippen LogP contribution in [-0.4, -0.2) is 34.4 Å². The highest BCUT2D eigenvalue weighted by Crippen LogP contribution is 2.04. The fourth-order valence-corrected chi connectivity index (χ4v) is 2.04. The normalized spacial score (nSPS) is 10.3. The topological polar surface area (TPSA) is 54.9 Å². The molecule has 0 fully saturated rings. The maximum Gasteiger partial charge on any atom is 0.271 e. The summed E-state index contributed by atoms with van der Waals surface area (Å²) in [6.45, 7) is 0.683. The molecule has 0 aliphatic heterocycles. The number of unbranched alkanes of at least 4 members (excludes halogenated alkanes) is 3. The Morgan fingerprint density at radius 3 is 2.72 bits per heavy atom. The molecular weight excluding hydrogens is 270 g/mol. The number of carbonyl (C=O) groups excluding carboxylic acids is 1. The van der Waals surface area contributed by atoms with Crippen LogP contribution in [0.5, 0.6) is 0 Å². The van der Waals surface area contributed by atoms with Crippen LogP contribution in [-0.2, 0) is 0 Å². The van der Waals surface area contributed by atoms with Gasteiger partial charge in [0.25, 0.3) is 5.91 Å². The molecular formula is C12H18ClN3OS. The molecule has 1 amide bonds. The van der Waals surface area contributed by atoms with Crippen LogP contribution in [0.3, 0.4) is 0 Å². The second-order valence-electron chi connectivity index (χ2n) is 3.89. The summed E-state index contributed by atoms with van der Waals surface area (Å²) in [5.74, 6) is 1.02. The van der Waals surface area contributed by atoms with E-state index in [9.17, 15) is 4.79 Å². The van der Waals surface area contributed by atoms with E-state index in [0.717, 1.165) is 12.8 Å². The first-order valence-electron chi connectivity index (χ1n) is 5.98. The van der Waals surface area contributed by atoms with Gasteiger partial charge in [-0.3, -0.25) is 4.79 Å². The number of thioether (sulfide) groups is 1. The fourth-order valence-electron chi connectivity index (χ4n) is 1.45. The molecule has 0 saturated carbocycles. The predicted octanol–water partition coefficient (Wildman–Crippen LogP) is 2.78. The van der Waals surface area contributed by atoms with Gasteiger partial charge in [0, 0.05) is 6.54 Å². The van der Waals surface area contributed by atoms with Gasteiger partial charge < -0.3 is 5.32 Å². The summed E-state index contributed by atoms with van der Waals surface area (Å²) in [6.07, 6.45) is 9.49. The van der Waals surface area contributed by atoms with Crippen molar-refractivity contribution in [1.29, 1.82) is 0 Å². The van der Waals surface area contributed by atoms with Crippen molar-refractivity contribution in [1.82, 2.24) is 15.3 Å². The molecule has 1 aromatic heterocycles. The lowest BCUT2D eigenvalue weighted by molar-refractivity contribution is 0.0947. The minimum absolute atomic E-state index is 0.191. The van der Waals surface area contributed by atoms with Gasteiger partial charge in [0.1, 0.15) is 10.8 Å². The standard InChI is InChI=1S/C12H18ClN3OS/c1-18-7-5-3-2-4-6-14-12(17)10-8-16-11(13)9-15-10/h8-9H,2-7H2,1H3,(H,14,17). The first-order chi connectivity index (χ1) is 8.74. The van der Waals surface area contributed by atoms with E-state index in [1.54, 1.807) is 0 Å². The maximum atomic E-state index is 11.6. The molecule has 0 unspecified atom stereocenters. The molecule has 0 aliphatic carbocycles. The predicted molar refractivity (Wildman–Crippen MR) is 76.2 cm³/mol. The van der Waals surface area contributed by atoms with Crippen molar-refractivity contribution in [2.45, 2.75) is 25.7 Å². The first-order valence-corrected chi connectivity index (χ1v) is 7.76. The molecule has 4 nitrogen and oxygen atoms in total. The van der Waals surface area contributed by atoms with E-state index in [2.05, 4.69) is 21.5 Å². The molecule has 1 aromatic rings. The van der Waals surface area contributed by atoms with Gasteiger partial charge >= 0.3 is 0 Å². The number of carbonyl (C=O) groups is 1. The molecule has 0 spiro atoms. The van der Waals surface area contributed by atoms with E-state index in [1.807, 2.05) is 11.8 Å². The smallest absolute Gasteiger partial charge is 0.271 e. The fraction of sp³-hybridized carbons (Fsp3) is 0.583. The highest BCUT2D eigenvalue weighted by molar-refractivity contribution is 7.98. The van der Waals surface area contributed by atoms with Crippen molar-refractivity contribution >= 4 is 29.3 Å². The van der Waals surface area contributed by atoms with E-state index in [0.29, 0.717) is 17.4 Å². The Kier molecular flexibility index (Phi) is 7.76. The number of halogens is 1. The maximum absolute atomic E-state index is 11.6. The van der Waals surface area contributed by atoms with Gasteiger partial charge in [-0.1, -0.05) is 24.4 Å². The van der Waals surface area contributed by atoms with E-state index in [-0.39, 0.29) is 5.91 Å². The van der Waals surface area contributed by atoms with Gasteiger partial charge in [-0.2, -0.15) is 11.8 Å². The Hall–Kier alpha value is -0.810. The lowest BCUT2D eigenvalue weighted by Crippen LogP contribution is -2.25. The zero-order chi connectivity index (χ0) is 13.2. The van der Waals surface area contributed by atoms with Crippen molar-refractivity contribution in [3.63, 3.8) is 0 Å². The second kappa shape index (κ2) is 9.16. The van der Waals surface area contributed by atoms with Gasteiger partial charge in [-0.05, 0) is 24.9 Å². The quantitative estimate of drug-likeness (QED) is 0.747. The highest BCUT2D eigenvalue weighted by atomic mass is 35.5. The molecule has 0 saturated heterocycles. The monoisotopic (exact) mass is 287 g/mol. The minimum atomic E-state index is -0.191. The summed E-state index contributed by atoms with van der Waals surface area (Å²) in [6, 6.07) is 0. The summed E-state index contributed by atoms with van der Waals surface area (Å²) < 4.78 is 0. The van der Waals surface area contributed by atoms with Gasteiger partial charge in [0.05, 0.1) is 12.4 Å². The van der Waals surface area contributed by atoms with Crippen LogP contribution in [0.25, 0.3) is 0 Å². The van der Waals surface area contributed by atoms with Crippen LogP contribution >= 0.6 is 23.4 Å². The minimum Gasteiger partial charge on any atom is -0.351 e. The number of nitrogens with zero attached hydrogens (tertiary/aromatic N) is 2. The number of hydrogen-bond acceptors (Lipinski definition) is 4. The van der Waals surface area contributed by atoms with E-state index >= 15 is 0 Å². The SMILES string of the molecule is CSCCCCCCNC(=O)c1cnc(Cl)cn1. The number of amides is 1. The molecule has 0 atom stereocenters. The molecule has 18 heavy (non-hydrogen) atoms. The molecule has 6 heteroatoms. The van der Waals surface area contributed by atoms with E-state index in [4.69, 9.17) is 11.6 Å². The second-order valence-corrected chi connectivity index (χ2v) is 5.26. The Morgan fingerprint density at radius 1 is 1.28 bits per heavy atom. The summed E-state index contributed by atoms with van der Waals surface area (Å²) in [5.41, 5.74) is 0.307. The molecule has 1 rings (SSSR count). The third-order valence-electron chi connectivity index (χ3n) is 2.41. The summed E-state index contributed by atoms with van der Waals surface area (Å²) >= 11 is 7.47. The molecule has 0 aromatic carbocycles. The average Bonchev–Trinajstić information content (AvgIpc) is 2.38. The van der Waals surface area contributed by atoms with E-state index in [1.165, 1.54) is 31.0 Å². The molecule has 0 radical (unpaired) electrons. The average molecular weight is 288 g/mol. The largest absolute Gasteiger partial charge is 0.351 e. The number of hydrogen-bond donors (Lipinski definition) is 1. The van der Waals surface area contributed by atoms with Crippen molar-refractivity contribution in [3.05, 3.63) is 23.2 Å². The van der Waals surface area contributed by atoms with Crippen LogP contribution in [0.2, 0.25) is 5.15 Å². The lowest BCUT2D eigenvalue weighted by Gasteiger charge is -2.04. The van der Waals surface area contributed by atoms with E-state index < -0.39 is 0 Å². The molecule has 1 heterocycles. The number of aromatic nitrogens is 2. The van der Waals surface area contributed by atoms with Crippen molar-refractivity contribution in [2.24, 2.45) is 0 Å². The zero-order valence-electron chi connectivity index (χ0n) is 10.5. The molecule has 0 aliphatic rings. The first kappa shape index (κ1) is 15.2. The number of rotatable bonds is 8. The van der Waals surface area contributed by atoms with Crippen LogP contribution in [0.4, 0.5) is 0 Å². The Morgan fingerprint density at radius 2 is 2.06 bits per heavy atom. The summed E-state index contributed by atoms with van der Waals surface area (Å²) in [5, 5.41) is 3.11. The highest BCUT2D eigenvalue weighted by Gasteiger charge is 2.06. The summed E-state index contributed by atoms with van der Waals surface area (Å²) in [7, 11) is 0. The van der Waals surface area contributed by atoms with Crippen molar-refractivity contribution in [2.75, 3.05) is 18.6 Å². The lowest BCUT2D eigenvalue weighted by atomic mass is 10.2. The van der Waals surface area contributed by atoms with Crippen molar-refractivity contribution < 1.29 is 4.79 Å². The van der Waals surface area contributed by atoms with Gasteiger partial charge in [-0.15, -0.1) is 0 Å². The van der Waals surface area contributed by atoms with Crippen molar-refractivity contribution in [3.8, 4) is 0 Å². The zero-order valence-corrected chi connectivity index (χ0v) is 12.1. The molecule has 0 bridgehead atoms. The summed E-state index contributed by atoms with van der Waals surface area (Å²) in [4.78, 5) is 19.4. The van der Waals surface area contributed by atoms with Crippen LogP contribution < -0.4 is 5.32 Å². The third kappa shape index (κ3) is 6.21.